The van der Waals surface area contributed by atoms with Crippen LogP contribution in [0, 0.1) is 6.92 Å². The third kappa shape index (κ3) is 4.07. The van der Waals surface area contributed by atoms with E-state index in [2.05, 4.69) is 15.3 Å². The van der Waals surface area contributed by atoms with Crippen molar-refractivity contribution in [1.82, 2.24) is 9.97 Å². The summed E-state index contributed by atoms with van der Waals surface area (Å²) in [5.41, 5.74) is 2.58. The number of benzene rings is 2. The summed E-state index contributed by atoms with van der Waals surface area (Å²) in [5, 5.41) is 3.24. The Morgan fingerprint density at radius 3 is 2.61 bits per heavy atom. The van der Waals surface area contributed by atoms with Gasteiger partial charge in [0.25, 0.3) is 0 Å². The van der Waals surface area contributed by atoms with E-state index < -0.39 is 5.97 Å². The Morgan fingerprint density at radius 1 is 0.964 bits per heavy atom. The van der Waals surface area contributed by atoms with Gasteiger partial charge in [-0.1, -0.05) is 36.4 Å². The maximum atomic E-state index is 12.0. The fourth-order valence-electron chi connectivity index (χ4n) is 2.73. The third-order valence-electron chi connectivity index (χ3n) is 3.95. The molecule has 2 aromatic carbocycles. The number of carbonyl (C=O) groups excluding carboxylic acids is 1. The average molecular weight is 371 g/mol. The van der Waals surface area contributed by atoms with Gasteiger partial charge >= 0.3 is 5.97 Å². The number of hydrogen-bond donors (Lipinski definition) is 1. The highest BCUT2D eigenvalue weighted by Crippen LogP contribution is 2.24. The van der Waals surface area contributed by atoms with Crippen LogP contribution in [0.3, 0.4) is 0 Å². The Morgan fingerprint density at radius 2 is 1.82 bits per heavy atom. The average Bonchev–Trinajstić information content (AvgIpc) is 3.23. The second-order valence-corrected chi connectivity index (χ2v) is 6.07. The molecular formula is C22H17N3O3. The Labute approximate surface area is 161 Å². The second-order valence-electron chi connectivity index (χ2n) is 6.07. The van der Waals surface area contributed by atoms with E-state index in [-0.39, 0.29) is 5.76 Å². The van der Waals surface area contributed by atoms with Crippen LogP contribution in [0.15, 0.2) is 83.5 Å². The van der Waals surface area contributed by atoms with E-state index in [4.69, 9.17) is 9.15 Å². The van der Waals surface area contributed by atoms with E-state index in [1.165, 1.54) is 6.26 Å². The minimum Gasteiger partial charge on any atom is -0.457 e. The van der Waals surface area contributed by atoms with Gasteiger partial charge in [0.05, 0.1) is 12.0 Å². The summed E-state index contributed by atoms with van der Waals surface area (Å²) in [6.07, 6.45) is 1.43. The van der Waals surface area contributed by atoms with Crippen molar-refractivity contribution in [3.05, 3.63) is 90.6 Å². The largest absolute Gasteiger partial charge is 0.457 e. The van der Waals surface area contributed by atoms with Crippen LogP contribution in [0.25, 0.3) is 11.3 Å². The van der Waals surface area contributed by atoms with Crippen molar-refractivity contribution in [2.24, 2.45) is 0 Å². The second kappa shape index (κ2) is 7.75. The van der Waals surface area contributed by atoms with Gasteiger partial charge < -0.3 is 14.5 Å². The fourth-order valence-corrected chi connectivity index (χ4v) is 2.73. The third-order valence-corrected chi connectivity index (χ3v) is 3.95. The van der Waals surface area contributed by atoms with E-state index in [0.29, 0.717) is 17.4 Å². The van der Waals surface area contributed by atoms with Gasteiger partial charge in [0.15, 0.2) is 0 Å². The minimum atomic E-state index is -0.550. The van der Waals surface area contributed by atoms with Gasteiger partial charge in [-0.05, 0) is 31.2 Å². The van der Waals surface area contributed by atoms with Crippen LogP contribution in [0.4, 0.5) is 11.5 Å². The predicted molar refractivity (Wildman–Crippen MR) is 106 cm³/mol. The Bertz CT molecular complexity index is 1090. The molecule has 0 unspecified atom stereocenters. The highest BCUT2D eigenvalue weighted by molar-refractivity contribution is 5.88. The molecule has 2 heterocycles. The number of anilines is 2. The van der Waals surface area contributed by atoms with Gasteiger partial charge in [0.1, 0.15) is 17.4 Å². The van der Waals surface area contributed by atoms with Crippen molar-refractivity contribution >= 4 is 17.5 Å². The Kier molecular flexibility index (Phi) is 4.84. The maximum absolute atomic E-state index is 12.0. The van der Waals surface area contributed by atoms with Crippen molar-refractivity contribution in [2.75, 3.05) is 5.32 Å². The molecule has 0 saturated carbocycles. The van der Waals surface area contributed by atoms with Gasteiger partial charge in [-0.25, -0.2) is 14.8 Å². The molecule has 0 saturated heterocycles. The number of esters is 1. The highest BCUT2D eigenvalue weighted by Gasteiger charge is 2.12. The molecule has 0 radical (unpaired) electrons. The number of nitrogens with one attached hydrogen (secondary N) is 1. The lowest BCUT2D eigenvalue weighted by atomic mass is 10.1. The van der Waals surface area contributed by atoms with Crippen LogP contribution in [-0.4, -0.2) is 15.9 Å². The summed E-state index contributed by atoms with van der Waals surface area (Å²) in [6.45, 7) is 1.85. The van der Waals surface area contributed by atoms with Crippen molar-refractivity contribution in [3.8, 4) is 17.0 Å². The highest BCUT2D eigenvalue weighted by atomic mass is 16.5. The quantitative estimate of drug-likeness (QED) is 0.393. The van der Waals surface area contributed by atoms with Crippen molar-refractivity contribution < 1.29 is 13.9 Å². The van der Waals surface area contributed by atoms with Gasteiger partial charge in [-0.2, -0.15) is 0 Å². The number of rotatable bonds is 5. The van der Waals surface area contributed by atoms with E-state index in [9.17, 15) is 4.79 Å². The number of carbonyl (C=O) groups is 1. The van der Waals surface area contributed by atoms with Gasteiger partial charge in [-0.3, -0.25) is 0 Å². The number of hydrogen-bond acceptors (Lipinski definition) is 6. The van der Waals surface area contributed by atoms with Crippen molar-refractivity contribution in [3.63, 3.8) is 0 Å². The molecule has 4 aromatic rings. The van der Waals surface area contributed by atoms with E-state index in [0.717, 1.165) is 16.9 Å². The van der Waals surface area contributed by atoms with Crippen molar-refractivity contribution in [2.45, 2.75) is 6.92 Å². The summed E-state index contributed by atoms with van der Waals surface area (Å²) < 4.78 is 10.4. The fraction of sp³-hybridized carbons (Fsp3) is 0.0455. The number of nitrogens with zero attached hydrogens (tertiary/aromatic N) is 2. The van der Waals surface area contributed by atoms with Crippen LogP contribution >= 0.6 is 0 Å². The number of furan rings is 1. The minimum absolute atomic E-state index is 0.150. The first-order valence-electron chi connectivity index (χ1n) is 8.71. The van der Waals surface area contributed by atoms with Gasteiger partial charge in [0.2, 0.25) is 5.76 Å². The topological polar surface area (TPSA) is 77.3 Å². The standard InChI is InChI=1S/C22H17N3O3/c1-15-23-19(16-7-3-2-4-8-16)14-21(24-15)25-17-9-5-10-18(13-17)28-22(26)20-11-6-12-27-20/h2-14H,1H3,(H,23,24,25). The monoisotopic (exact) mass is 371 g/mol. The molecule has 0 bridgehead atoms. The molecule has 4 rings (SSSR count). The van der Waals surface area contributed by atoms with E-state index in [1.54, 1.807) is 30.3 Å². The molecule has 0 spiro atoms. The summed E-state index contributed by atoms with van der Waals surface area (Å²) >= 11 is 0. The van der Waals surface area contributed by atoms with E-state index in [1.807, 2.05) is 49.4 Å². The van der Waals surface area contributed by atoms with Crippen LogP contribution in [-0.2, 0) is 0 Å². The van der Waals surface area contributed by atoms with Crippen LogP contribution in [0.2, 0.25) is 0 Å². The first-order chi connectivity index (χ1) is 13.7. The lowest BCUT2D eigenvalue weighted by Gasteiger charge is -2.10. The zero-order valence-electron chi connectivity index (χ0n) is 15.1. The molecule has 0 amide bonds. The number of ether oxygens (including phenoxy) is 1. The summed E-state index contributed by atoms with van der Waals surface area (Å²) in [6, 6.07) is 22.1. The zero-order valence-corrected chi connectivity index (χ0v) is 15.1. The molecule has 0 aliphatic heterocycles. The molecule has 0 atom stereocenters. The smallest absolute Gasteiger partial charge is 0.379 e. The first-order valence-corrected chi connectivity index (χ1v) is 8.71. The Balaban J connectivity index is 1.55. The molecule has 0 aliphatic rings. The normalized spacial score (nSPS) is 10.5. The van der Waals surface area contributed by atoms with Crippen molar-refractivity contribution in [1.29, 1.82) is 0 Å². The van der Waals surface area contributed by atoms with Crippen LogP contribution in [0.1, 0.15) is 16.4 Å². The molecule has 6 nitrogen and oxygen atoms in total. The molecular weight excluding hydrogens is 354 g/mol. The lowest BCUT2D eigenvalue weighted by molar-refractivity contribution is 0.0701. The predicted octanol–water partition coefficient (Wildman–Crippen LogP) is 5.01. The van der Waals surface area contributed by atoms with Gasteiger partial charge in [0, 0.05) is 23.4 Å². The molecule has 2 aromatic heterocycles. The Hall–Kier alpha value is -3.93. The van der Waals surface area contributed by atoms with Crippen LogP contribution in [0.5, 0.6) is 5.75 Å². The first kappa shape index (κ1) is 17.5. The summed E-state index contributed by atoms with van der Waals surface area (Å²) in [4.78, 5) is 21.0. The molecule has 0 aliphatic carbocycles. The maximum Gasteiger partial charge on any atom is 0.379 e. The molecule has 1 N–H and O–H groups in total. The van der Waals surface area contributed by atoms with Gasteiger partial charge in [-0.15, -0.1) is 0 Å². The lowest BCUT2D eigenvalue weighted by Crippen LogP contribution is -2.07. The molecule has 28 heavy (non-hydrogen) atoms. The number of aryl methyl sites for hydroxylation is 1. The molecule has 6 heteroatoms. The van der Waals surface area contributed by atoms with E-state index >= 15 is 0 Å². The van der Waals surface area contributed by atoms with Crippen LogP contribution < -0.4 is 10.1 Å². The summed E-state index contributed by atoms with van der Waals surface area (Å²) in [5.74, 6) is 1.31. The molecule has 138 valence electrons. The number of aromatic nitrogens is 2. The summed E-state index contributed by atoms with van der Waals surface area (Å²) in [7, 11) is 0. The SMILES string of the molecule is Cc1nc(Nc2cccc(OC(=O)c3ccco3)c2)cc(-c2ccccc2)n1. The molecule has 0 fully saturated rings. The zero-order chi connectivity index (χ0) is 19.3.